The van der Waals surface area contributed by atoms with E-state index in [4.69, 9.17) is 11.0 Å². The molecule has 2 rings (SSSR count). The molecule has 0 aliphatic heterocycles. The Bertz CT molecular complexity index is 662. The highest BCUT2D eigenvalue weighted by Gasteiger charge is 2.12. The van der Waals surface area contributed by atoms with Crippen LogP contribution < -0.4 is 5.73 Å². The number of hydrogen-bond acceptors (Lipinski definition) is 5. The lowest BCUT2D eigenvalue weighted by Gasteiger charge is -2.08. The maximum absolute atomic E-state index is 13.8. The number of hydrogen-bond donors (Lipinski definition) is 1. The summed E-state index contributed by atoms with van der Waals surface area (Å²) in [6.45, 7) is 3.19. The van der Waals surface area contributed by atoms with Gasteiger partial charge in [-0.15, -0.1) is 10.2 Å². The minimum Gasteiger partial charge on any atom is -0.324 e. The standard InChI is InChI=1S/C14H16FN5S/c1-2-5-20-13(8-17)18-19-14(20)21-9-11-4-3-10(7-16)6-12(11)15/h3-4,6H,2,5,8-9,17H2,1H3. The maximum atomic E-state index is 13.8. The third-order valence-electron chi connectivity index (χ3n) is 2.96. The van der Waals surface area contributed by atoms with Gasteiger partial charge in [-0.3, -0.25) is 0 Å². The molecule has 0 unspecified atom stereocenters. The van der Waals surface area contributed by atoms with Crippen LogP contribution in [-0.4, -0.2) is 14.8 Å². The van der Waals surface area contributed by atoms with E-state index in [1.54, 1.807) is 12.1 Å². The van der Waals surface area contributed by atoms with Crippen molar-refractivity contribution in [1.82, 2.24) is 14.8 Å². The number of nitrogens with two attached hydrogens (primary N) is 1. The lowest BCUT2D eigenvalue weighted by Crippen LogP contribution is -2.09. The van der Waals surface area contributed by atoms with E-state index in [1.165, 1.54) is 17.8 Å². The molecule has 0 saturated heterocycles. The average Bonchev–Trinajstić information content (AvgIpc) is 2.88. The number of thioether (sulfide) groups is 1. The normalized spacial score (nSPS) is 10.6. The molecular formula is C14H16FN5S. The van der Waals surface area contributed by atoms with Crippen molar-refractivity contribution in [2.24, 2.45) is 5.73 Å². The molecule has 0 amide bonds. The summed E-state index contributed by atoms with van der Waals surface area (Å²) in [5, 5.41) is 17.6. The monoisotopic (exact) mass is 305 g/mol. The van der Waals surface area contributed by atoms with Gasteiger partial charge >= 0.3 is 0 Å². The van der Waals surface area contributed by atoms with Crippen LogP contribution in [0, 0.1) is 17.1 Å². The average molecular weight is 305 g/mol. The molecule has 1 heterocycles. The lowest BCUT2D eigenvalue weighted by atomic mass is 10.1. The van der Waals surface area contributed by atoms with Crippen LogP contribution in [0.2, 0.25) is 0 Å². The molecule has 110 valence electrons. The van der Waals surface area contributed by atoms with Crippen LogP contribution >= 0.6 is 11.8 Å². The quantitative estimate of drug-likeness (QED) is 0.829. The molecular weight excluding hydrogens is 289 g/mol. The third kappa shape index (κ3) is 3.60. The van der Waals surface area contributed by atoms with Gasteiger partial charge in [0.2, 0.25) is 0 Å². The maximum Gasteiger partial charge on any atom is 0.191 e. The third-order valence-corrected chi connectivity index (χ3v) is 3.98. The van der Waals surface area contributed by atoms with E-state index in [1.807, 2.05) is 10.6 Å². The zero-order valence-electron chi connectivity index (χ0n) is 11.7. The Labute approximate surface area is 127 Å². The first-order valence-electron chi connectivity index (χ1n) is 6.63. The number of benzene rings is 1. The molecule has 2 N–H and O–H groups in total. The fourth-order valence-corrected chi connectivity index (χ4v) is 2.87. The minimum atomic E-state index is -0.373. The number of nitrogens with zero attached hydrogens (tertiary/aromatic N) is 4. The first kappa shape index (κ1) is 15.5. The highest BCUT2D eigenvalue weighted by Crippen LogP contribution is 2.24. The molecule has 5 nitrogen and oxygen atoms in total. The molecule has 1 aromatic carbocycles. The van der Waals surface area contributed by atoms with E-state index >= 15 is 0 Å². The van der Waals surface area contributed by atoms with Gasteiger partial charge in [-0.1, -0.05) is 24.8 Å². The van der Waals surface area contributed by atoms with Crippen LogP contribution in [0.3, 0.4) is 0 Å². The minimum absolute atomic E-state index is 0.320. The number of nitriles is 1. The van der Waals surface area contributed by atoms with Gasteiger partial charge in [0.1, 0.15) is 11.6 Å². The van der Waals surface area contributed by atoms with Crippen molar-refractivity contribution >= 4 is 11.8 Å². The molecule has 21 heavy (non-hydrogen) atoms. The van der Waals surface area contributed by atoms with Crippen molar-refractivity contribution in [2.75, 3.05) is 0 Å². The zero-order valence-corrected chi connectivity index (χ0v) is 12.5. The molecule has 0 fully saturated rings. The van der Waals surface area contributed by atoms with Crippen molar-refractivity contribution in [3.8, 4) is 6.07 Å². The van der Waals surface area contributed by atoms with E-state index in [0.717, 1.165) is 23.9 Å². The Morgan fingerprint density at radius 1 is 1.43 bits per heavy atom. The fourth-order valence-electron chi connectivity index (χ4n) is 1.90. The Morgan fingerprint density at radius 2 is 2.24 bits per heavy atom. The summed E-state index contributed by atoms with van der Waals surface area (Å²) < 4.78 is 15.8. The second-order valence-corrected chi connectivity index (χ2v) is 5.40. The summed E-state index contributed by atoms with van der Waals surface area (Å²) in [7, 11) is 0. The fraction of sp³-hybridized carbons (Fsp3) is 0.357. The topological polar surface area (TPSA) is 80.5 Å². The van der Waals surface area contributed by atoms with Gasteiger partial charge in [-0.2, -0.15) is 5.26 Å². The number of aromatic nitrogens is 3. The van der Waals surface area contributed by atoms with E-state index in [9.17, 15) is 4.39 Å². The highest BCUT2D eigenvalue weighted by molar-refractivity contribution is 7.98. The molecule has 0 saturated carbocycles. The van der Waals surface area contributed by atoms with Gasteiger partial charge in [0.15, 0.2) is 5.16 Å². The SMILES string of the molecule is CCCn1c(CN)nnc1SCc1ccc(C#N)cc1F. The molecule has 0 bridgehead atoms. The molecule has 2 aromatic rings. The molecule has 0 aliphatic rings. The van der Waals surface area contributed by atoms with Crippen LogP contribution in [0.15, 0.2) is 23.4 Å². The predicted molar refractivity (Wildman–Crippen MR) is 78.9 cm³/mol. The first-order chi connectivity index (χ1) is 10.2. The van der Waals surface area contributed by atoms with Gasteiger partial charge in [0.25, 0.3) is 0 Å². The Hall–Kier alpha value is -1.91. The van der Waals surface area contributed by atoms with E-state index in [2.05, 4.69) is 17.1 Å². The first-order valence-corrected chi connectivity index (χ1v) is 7.61. The highest BCUT2D eigenvalue weighted by atomic mass is 32.2. The second-order valence-electron chi connectivity index (χ2n) is 4.46. The summed E-state index contributed by atoms with van der Waals surface area (Å²) in [6.07, 6.45) is 0.948. The smallest absolute Gasteiger partial charge is 0.191 e. The van der Waals surface area contributed by atoms with Crippen LogP contribution in [0.4, 0.5) is 4.39 Å². The Balaban J connectivity index is 2.13. The molecule has 0 aliphatic carbocycles. The van der Waals surface area contributed by atoms with E-state index < -0.39 is 0 Å². The van der Waals surface area contributed by atoms with Gasteiger partial charge in [-0.05, 0) is 24.1 Å². The van der Waals surface area contributed by atoms with Crippen LogP contribution in [0.1, 0.15) is 30.3 Å². The molecule has 0 atom stereocenters. The van der Waals surface area contributed by atoms with Crippen molar-refractivity contribution < 1.29 is 4.39 Å². The Kier molecular flexibility index (Phi) is 5.31. The van der Waals surface area contributed by atoms with Crippen LogP contribution in [-0.2, 0) is 18.8 Å². The summed E-state index contributed by atoms with van der Waals surface area (Å²) >= 11 is 1.41. The predicted octanol–water partition coefficient (Wildman–Crippen LogP) is 2.45. The zero-order chi connectivity index (χ0) is 15.2. The van der Waals surface area contributed by atoms with E-state index in [0.29, 0.717) is 23.4 Å². The van der Waals surface area contributed by atoms with Gasteiger partial charge in [0.05, 0.1) is 18.2 Å². The van der Waals surface area contributed by atoms with E-state index in [-0.39, 0.29) is 5.82 Å². The molecule has 0 spiro atoms. The lowest BCUT2D eigenvalue weighted by molar-refractivity contribution is 0.591. The van der Waals surface area contributed by atoms with Crippen molar-refractivity contribution in [3.05, 3.63) is 41.0 Å². The van der Waals surface area contributed by atoms with Crippen LogP contribution in [0.25, 0.3) is 0 Å². The largest absolute Gasteiger partial charge is 0.324 e. The number of rotatable bonds is 6. The Morgan fingerprint density at radius 3 is 2.86 bits per heavy atom. The van der Waals surface area contributed by atoms with Crippen LogP contribution in [0.5, 0.6) is 0 Å². The van der Waals surface area contributed by atoms with Gasteiger partial charge < -0.3 is 10.3 Å². The molecule has 7 heteroatoms. The summed E-state index contributed by atoms with van der Waals surface area (Å²) in [6, 6.07) is 6.41. The molecule has 0 radical (unpaired) electrons. The summed E-state index contributed by atoms with van der Waals surface area (Å²) in [5.41, 5.74) is 6.50. The number of halogens is 1. The van der Waals surface area contributed by atoms with Crippen molar-refractivity contribution in [1.29, 1.82) is 5.26 Å². The molecule has 1 aromatic heterocycles. The van der Waals surface area contributed by atoms with Gasteiger partial charge in [-0.25, -0.2) is 4.39 Å². The summed E-state index contributed by atoms with van der Waals surface area (Å²) in [5.74, 6) is 0.797. The van der Waals surface area contributed by atoms with Crippen molar-refractivity contribution in [3.63, 3.8) is 0 Å². The summed E-state index contributed by atoms with van der Waals surface area (Å²) in [4.78, 5) is 0. The second kappa shape index (κ2) is 7.20. The van der Waals surface area contributed by atoms with Gasteiger partial charge in [0, 0.05) is 12.3 Å². The van der Waals surface area contributed by atoms with Crippen molar-refractivity contribution in [2.45, 2.75) is 37.3 Å².